The Morgan fingerprint density at radius 3 is 2.74 bits per heavy atom. The van der Waals surface area contributed by atoms with Gasteiger partial charge in [0.25, 0.3) is 0 Å². The van der Waals surface area contributed by atoms with Gasteiger partial charge in [-0.05, 0) is 5.56 Å². The first kappa shape index (κ1) is 15.4. The molecule has 1 unspecified atom stereocenters. The van der Waals surface area contributed by atoms with Crippen molar-refractivity contribution in [3.05, 3.63) is 48.6 Å². The minimum absolute atomic E-state index is 0.0216. The molecule has 0 fully saturated rings. The van der Waals surface area contributed by atoms with Crippen LogP contribution in [-0.2, 0) is 9.53 Å². The Balaban J connectivity index is 2.57. The second kappa shape index (κ2) is 8.45. The molecule has 0 aliphatic rings. The molecule has 0 radical (unpaired) electrons. The summed E-state index contributed by atoms with van der Waals surface area (Å²) in [5, 5.41) is 0. The fraction of sp³-hybridized carbons (Fsp3) is 0.400. The third kappa shape index (κ3) is 5.24. The largest absolute Gasteiger partial charge is 0.383 e. The number of methoxy groups -OCH3 is 1. The number of benzene rings is 1. The van der Waals surface area contributed by atoms with Crippen LogP contribution in [0.4, 0.5) is 0 Å². The van der Waals surface area contributed by atoms with Gasteiger partial charge in [-0.2, -0.15) is 0 Å². The van der Waals surface area contributed by atoms with E-state index in [1.54, 1.807) is 18.1 Å². The molecule has 1 atom stereocenters. The van der Waals surface area contributed by atoms with Gasteiger partial charge in [0.05, 0.1) is 6.61 Å². The first-order chi connectivity index (χ1) is 9.19. The molecule has 1 rings (SSSR count). The van der Waals surface area contributed by atoms with E-state index in [4.69, 9.17) is 10.5 Å². The van der Waals surface area contributed by atoms with E-state index in [2.05, 4.69) is 6.58 Å². The van der Waals surface area contributed by atoms with Crippen LogP contribution < -0.4 is 5.73 Å². The molecule has 19 heavy (non-hydrogen) atoms. The van der Waals surface area contributed by atoms with Gasteiger partial charge >= 0.3 is 0 Å². The Hall–Kier alpha value is -1.65. The molecule has 0 aliphatic heterocycles. The second-order valence-electron chi connectivity index (χ2n) is 4.34. The SMILES string of the molecule is C=CCN(CCOC)C(=O)CC(N)c1ccccc1. The number of ether oxygens (including phenoxy) is 1. The van der Waals surface area contributed by atoms with Crippen LogP contribution in [0.25, 0.3) is 0 Å². The Kier molecular flexibility index (Phi) is 6.85. The molecule has 0 saturated carbocycles. The Morgan fingerprint density at radius 1 is 1.47 bits per heavy atom. The standard InChI is InChI=1S/C15H22N2O2/c1-3-9-17(10-11-19-2)15(18)12-14(16)13-7-5-4-6-8-13/h3-8,14H,1,9-12,16H2,2H3. The molecular weight excluding hydrogens is 240 g/mol. The minimum Gasteiger partial charge on any atom is -0.383 e. The predicted octanol–water partition coefficient (Wildman–Crippen LogP) is 1.74. The van der Waals surface area contributed by atoms with Gasteiger partial charge in [-0.3, -0.25) is 4.79 Å². The quantitative estimate of drug-likeness (QED) is 0.726. The van der Waals surface area contributed by atoms with Crippen molar-refractivity contribution in [1.82, 2.24) is 4.90 Å². The maximum absolute atomic E-state index is 12.2. The van der Waals surface area contributed by atoms with E-state index >= 15 is 0 Å². The lowest BCUT2D eigenvalue weighted by Crippen LogP contribution is -2.35. The van der Waals surface area contributed by atoms with Crippen molar-refractivity contribution in [3.8, 4) is 0 Å². The van der Waals surface area contributed by atoms with Gasteiger partial charge in [0.1, 0.15) is 0 Å². The van der Waals surface area contributed by atoms with Gasteiger partial charge in [-0.15, -0.1) is 6.58 Å². The van der Waals surface area contributed by atoms with Gasteiger partial charge in [0.2, 0.25) is 5.91 Å². The van der Waals surface area contributed by atoms with Crippen molar-refractivity contribution in [3.63, 3.8) is 0 Å². The highest BCUT2D eigenvalue weighted by atomic mass is 16.5. The summed E-state index contributed by atoms with van der Waals surface area (Å²) in [5.74, 6) is 0.0216. The number of hydrogen-bond acceptors (Lipinski definition) is 3. The Labute approximate surface area is 114 Å². The van der Waals surface area contributed by atoms with E-state index in [-0.39, 0.29) is 11.9 Å². The highest BCUT2D eigenvalue weighted by Gasteiger charge is 2.16. The maximum Gasteiger partial charge on any atom is 0.224 e. The maximum atomic E-state index is 12.2. The second-order valence-corrected chi connectivity index (χ2v) is 4.34. The summed E-state index contributed by atoms with van der Waals surface area (Å²) in [4.78, 5) is 13.9. The smallest absolute Gasteiger partial charge is 0.224 e. The zero-order chi connectivity index (χ0) is 14.1. The molecule has 0 aliphatic carbocycles. The molecule has 1 aromatic carbocycles. The number of nitrogens with two attached hydrogens (primary N) is 1. The molecule has 1 aromatic rings. The third-order valence-electron chi connectivity index (χ3n) is 2.89. The van der Waals surface area contributed by atoms with E-state index in [0.29, 0.717) is 26.1 Å². The zero-order valence-corrected chi connectivity index (χ0v) is 11.4. The fourth-order valence-electron chi connectivity index (χ4n) is 1.81. The molecule has 0 bridgehead atoms. The van der Waals surface area contributed by atoms with Crippen molar-refractivity contribution in [2.75, 3.05) is 26.8 Å². The van der Waals surface area contributed by atoms with Gasteiger partial charge in [0.15, 0.2) is 0 Å². The first-order valence-corrected chi connectivity index (χ1v) is 6.37. The number of hydrogen-bond donors (Lipinski definition) is 1. The zero-order valence-electron chi connectivity index (χ0n) is 11.4. The summed E-state index contributed by atoms with van der Waals surface area (Å²) < 4.78 is 5.00. The monoisotopic (exact) mass is 262 g/mol. The van der Waals surface area contributed by atoms with Gasteiger partial charge < -0.3 is 15.4 Å². The van der Waals surface area contributed by atoms with Crippen molar-refractivity contribution in [1.29, 1.82) is 0 Å². The van der Waals surface area contributed by atoms with E-state index in [9.17, 15) is 4.79 Å². The molecule has 104 valence electrons. The lowest BCUT2D eigenvalue weighted by molar-refractivity contribution is -0.131. The lowest BCUT2D eigenvalue weighted by atomic mass is 10.0. The van der Waals surface area contributed by atoms with Crippen LogP contribution in [0.1, 0.15) is 18.0 Å². The number of rotatable bonds is 8. The molecule has 0 spiro atoms. The number of nitrogens with zero attached hydrogens (tertiary/aromatic N) is 1. The van der Waals surface area contributed by atoms with Crippen LogP contribution in [0.2, 0.25) is 0 Å². The summed E-state index contributed by atoms with van der Waals surface area (Å²) in [7, 11) is 1.62. The van der Waals surface area contributed by atoms with Gasteiger partial charge in [-0.25, -0.2) is 0 Å². The Morgan fingerprint density at radius 2 is 2.16 bits per heavy atom. The van der Waals surface area contributed by atoms with E-state index in [1.165, 1.54) is 0 Å². The molecule has 4 heteroatoms. The molecule has 0 heterocycles. The minimum atomic E-state index is -0.274. The Bertz CT molecular complexity index is 392. The summed E-state index contributed by atoms with van der Waals surface area (Å²) in [6.45, 7) is 5.25. The summed E-state index contributed by atoms with van der Waals surface area (Å²) in [6, 6.07) is 9.37. The average Bonchev–Trinajstić information content (AvgIpc) is 2.44. The van der Waals surface area contributed by atoms with Gasteiger partial charge in [-0.1, -0.05) is 36.4 Å². The van der Waals surface area contributed by atoms with Crippen LogP contribution in [-0.4, -0.2) is 37.6 Å². The highest BCUT2D eigenvalue weighted by Crippen LogP contribution is 2.14. The summed E-state index contributed by atoms with van der Waals surface area (Å²) in [6.07, 6.45) is 2.00. The lowest BCUT2D eigenvalue weighted by Gasteiger charge is -2.22. The molecular formula is C15H22N2O2. The van der Waals surface area contributed by atoms with E-state index in [1.807, 2.05) is 30.3 Å². The van der Waals surface area contributed by atoms with Crippen LogP contribution in [0.5, 0.6) is 0 Å². The third-order valence-corrected chi connectivity index (χ3v) is 2.89. The number of carbonyl (C=O) groups excluding carboxylic acids is 1. The topological polar surface area (TPSA) is 55.6 Å². The van der Waals surface area contributed by atoms with Crippen molar-refractivity contribution < 1.29 is 9.53 Å². The normalized spacial score (nSPS) is 11.9. The molecule has 2 N–H and O–H groups in total. The average molecular weight is 262 g/mol. The molecule has 4 nitrogen and oxygen atoms in total. The van der Waals surface area contributed by atoms with Gasteiger partial charge in [0, 0.05) is 32.7 Å². The number of amides is 1. The van der Waals surface area contributed by atoms with Crippen molar-refractivity contribution in [2.24, 2.45) is 5.73 Å². The van der Waals surface area contributed by atoms with Crippen molar-refractivity contribution in [2.45, 2.75) is 12.5 Å². The first-order valence-electron chi connectivity index (χ1n) is 6.37. The number of carbonyl (C=O) groups is 1. The van der Waals surface area contributed by atoms with Crippen LogP contribution in [0.15, 0.2) is 43.0 Å². The molecule has 0 saturated heterocycles. The highest BCUT2D eigenvalue weighted by molar-refractivity contribution is 5.77. The summed E-state index contributed by atoms with van der Waals surface area (Å²) >= 11 is 0. The van der Waals surface area contributed by atoms with Crippen LogP contribution >= 0.6 is 0 Å². The van der Waals surface area contributed by atoms with Crippen LogP contribution in [0.3, 0.4) is 0 Å². The van der Waals surface area contributed by atoms with E-state index in [0.717, 1.165) is 5.56 Å². The fourth-order valence-corrected chi connectivity index (χ4v) is 1.81. The molecule has 1 amide bonds. The van der Waals surface area contributed by atoms with Crippen LogP contribution in [0, 0.1) is 0 Å². The summed E-state index contributed by atoms with van der Waals surface area (Å²) in [5.41, 5.74) is 7.03. The van der Waals surface area contributed by atoms with E-state index < -0.39 is 0 Å². The van der Waals surface area contributed by atoms with Crippen molar-refractivity contribution >= 4 is 5.91 Å². The predicted molar refractivity (Wildman–Crippen MR) is 76.6 cm³/mol. The molecule has 0 aromatic heterocycles.